The largest absolute Gasteiger partial charge is 0.325 e. The molecule has 27 heavy (non-hydrogen) atoms. The molecule has 1 saturated heterocycles. The number of carbonyl (C=O) groups excluding carboxylic acids is 1. The van der Waals surface area contributed by atoms with Crippen molar-refractivity contribution in [2.24, 2.45) is 5.92 Å². The lowest BCUT2D eigenvalue weighted by atomic mass is 9.90. The highest BCUT2D eigenvalue weighted by Gasteiger charge is 2.24. The number of rotatable bonds is 3. The third-order valence-electron chi connectivity index (χ3n) is 5.76. The van der Waals surface area contributed by atoms with E-state index in [1.807, 2.05) is 29.2 Å². The number of benzene rings is 2. The van der Waals surface area contributed by atoms with Crippen molar-refractivity contribution in [3.8, 4) is 0 Å². The fraction of sp³-hybridized carbons (Fsp3) is 0.409. The van der Waals surface area contributed by atoms with E-state index in [-0.39, 0.29) is 11.8 Å². The van der Waals surface area contributed by atoms with E-state index in [9.17, 15) is 9.18 Å². The molecule has 0 aliphatic carbocycles. The van der Waals surface area contributed by atoms with Gasteiger partial charge >= 0.3 is 6.03 Å². The van der Waals surface area contributed by atoms with Crippen LogP contribution in [0.25, 0.3) is 0 Å². The Bertz CT molecular complexity index is 815. The summed E-state index contributed by atoms with van der Waals surface area (Å²) in [6.07, 6.45) is 3.58. The van der Waals surface area contributed by atoms with Crippen molar-refractivity contribution < 1.29 is 9.18 Å². The highest BCUT2D eigenvalue weighted by Crippen LogP contribution is 2.26. The van der Waals surface area contributed by atoms with Crippen LogP contribution in [0.1, 0.15) is 29.5 Å². The zero-order valence-electron chi connectivity index (χ0n) is 15.5. The molecule has 0 atom stereocenters. The maximum atomic E-state index is 13.9. The summed E-state index contributed by atoms with van der Waals surface area (Å²) in [5, 5.41) is 6.47. The number of piperidine rings is 1. The van der Waals surface area contributed by atoms with E-state index in [2.05, 4.69) is 16.7 Å². The van der Waals surface area contributed by atoms with Crippen LogP contribution in [-0.4, -0.2) is 30.6 Å². The van der Waals surface area contributed by atoms with Gasteiger partial charge in [-0.1, -0.05) is 30.3 Å². The normalized spacial score (nSPS) is 17.4. The first kappa shape index (κ1) is 18.0. The smallest absolute Gasteiger partial charge is 0.321 e. The van der Waals surface area contributed by atoms with Gasteiger partial charge in [0, 0.05) is 25.3 Å². The Hall–Kier alpha value is -2.40. The van der Waals surface area contributed by atoms with Crippen LogP contribution in [0.2, 0.25) is 0 Å². The molecule has 4 rings (SSSR count). The minimum Gasteiger partial charge on any atom is -0.325 e. The van der Waals surface area contributed by atoms with Gasteiger partial charge in [0.25, 0.3) is 0 Å². The Morgan fingerprint density at radius 3 is 2.78 bits per heavy atom. The molecule has 1 fully saturated rings. The van der Waals surface area contributed by atoms with Crippen molar-refractivity contribution >= 4 is 11.7 Å². The maximum absolute atomic E-state index is 13.9. The molecule has 2 aliphatic rings. The van der Waals surface area contributed by atoms with Gasteiger partial charge in [0.1, 0.15) is 5.82 Å². The van der Waals surface area contributed by atoms with E-state index in [4.69, 9.17) is 0 Å². The number of urea groups is 1. The predicted octanol–water partition coefficient (Wildman–Crippen LogP) is 3.96. The summed E-state index contributed by atoms with van der Waals surface area (Å²) in [4.78, 5) is 14.6. The summed E-state index contributed by atoms with van der Waals surface area (Å²) in [6.45, 7) is 3.23. The summed E-state index contributed by atoms with van der Waals surface area (Å²) in [7, 11) is 0. The Morgan fingerprint density at radius 2 is 1.96 bits per heavy atom. The van der Waals surface area contributed by atoms with Gasteiger partial charge in [0.2, 0.25) is 0 Å². The zero-order valence-corrected chi connectivity index (χ0v) is 15.5. The molecule has 2 aromatic rings. The van der Waals surface area contributed by atoms with E-state index in [1.165, 1.54) is 17.2 Å². The highest BCUT2D eigenvalue weighted by atomic mass is 19.1. The fourth-order valence-electron chi connectivity index (χ4n) is 4.14. The molecule has 2 aromatic carbocycles. The van der Waals surface area contributed by atoms with Crippen LogP contribution in [0.15, 0.2) is 42.5 Å². The number of anilines is 1. The second-order valence-corrected chi connectivity index (χ2v) is 7.53. The van der Waals surface area contributed by atoms with Crippen LogP contribution in [0.4, 0.5) is 14.9 Å². The molecule has 4 nitrogen and oxygen atoms in total. The van der Waals surface area contributed by atoms with E-state index in [0.717, 1.165) is 63.1 Å². The molecule has 0 unspecified atom stereocenters. The van der Waals surface area contributed by atoms with Crippen molar-refractivity contribution in [3.05, 3.63) is 65.0 Å². The molecule has 0 radical (unpaired) electrons. The number of hydrogen-bond acceptors (Lipinski definition) is 2. The summed E-state index contributed by atoms with van der Waals surface area (Å²) in [5.41, 5.74) is 4.21. The van der Waals surface area contributed by atoms with Gasteiger partial charge in [0.05, 0.1) is 0 Å². The van der Waals surface area contributed by atoms with Crippen molar-refractivity contribution in [2.75, 3.05) is 25.0 Å². The number of amides is 2. The van der Waals surface area contributed by atoms with Crippen LogP contribution in [-0.2, 0) is 19.4 Å². The third kappa shape index (κ3) is 4.14. The molecule has 2 amide bonds. The Labute approximate surface area is 159 Å². The van der Waals surface area contributed by atoms with Crippen molar-refractivity contribution in [2.45, 2.75) is 32.2 Å². The van der Waals surface area contributed by atoms with Crippen LogP contribution >= 0.6 is 0 Å². The summed E-state index contributed by atoms with van der Waals surface area (Å²) in [5.74, 6) is 0.305. The van der Waals surface area contributed by atoms with E-state index >= 15 is 0 Å². The lowest BCUT2D eigenvalue weighted by Gasteiger charge is -2.32. The third-order valence-corrected chi connectivity index (χ3v) is 5.76. The predicted molar refractivity (Wildman–Crippen MR) is 105 cm³/mol. The van der Waals surface area contributed by atoms with Gasteiger partial charge in [-0.3, -0.25) is 0 Å². The van der Waals surface area contributed by atoms with E-state index in [1.54, 1.807) is 6.07 Å². The number of fused-ring (bicyclic) bond motifs is 1. The molecule has 5 heteroatoms. The quantitative estimate of drug-likeness (QED) is 0.863. The number of likely N-dealkylation sites (tertiary alicyclic amines) is 1. The minimum atomic E-state index is -0.125. The molecule has 0 bridgehead atoms. The fourth-order valence-corrected chi connectivity index (χ4v) is 4.14. The first-order chi connectivity index (χ1) is 13.2. The van der Waals surface area contributed by atoms with E-state index in [0.29, 0.717) is 5.92 Å². The molecule has 0 spiro atoms. The van der Waals surface area contributed by atoms with Crippen LogP contribution < -0.4 is 10.6 Å². The van der Waals surface area contributed by atoms with Gasteiger partial charge in [-0.05, 0) is 67.0 Å². The molecule has 142 valence electrons. The molecule has 0 saturated carbocycles. The SMILES string of the molecule is O=C(Nc1cccc2c1CNCC2)N1CCC(Cc2ccccc2F)CC1. The number of carbonyl (C=O) groups is 1. The molecule has 2 aliphatic heterocycles. The topological polar surface area (TPSA) is 44.4 Å². The number of nitrogens with one attached hydrogen (secondary N) is 2. The van der Waals surface area contributed by atoms with Gasteiger partial charge in [-0.25, -0.2) is 9.18 Å². The summed E-state index contributed by atoms with van der Waals surface area (Å²) in [6, 6.07) is 13.1. The van der Waals surface area contributed by atoms with Gasteiger partial charge < -0.3 is 15.5 Å². The van der Waals surface area contributed by atoms with Gasteiger partial charge in [0.15, 0.2) is 0 Å². The molecular weight excluding hydrogens is 341 g/mol. The average molecular weight is 367 g/mol. The standard InChI is InChI=1S/C22H26FN3O/c23-20-6-2-1-4-18(20)14-16-9-12-26(13-10-16)22(27)25-21-7-3-5-17-8-11-24-15-19(17)21/h1-7,16,24H,8-15H2,(H,25,27). The lowest BCUT2D eigenvalue weighted by Crippen LogP contribution is -2.41. The van der Waals surface area contributed by atoms with Gasteiger partial charge in [-0.15, -0.1) is 0 Å². The second kappa shape index (κ2) is 8.09. The summed E-state index contributed by atoms with van der Waals surface area (Å²) >= 11 is 0. The highest BCUT2D eigenvalue weighted by molar-refractivity contribution is 5.90. The minimum absolute atomic E-state index is 0.0293. The Kier molecular flexibility index (Phi) is 5.39. The van der Waals surface area contributed by atoms with Crippen LogP contribution in [0, 0.1) is 11.7 Å². The zero-order chi connectivity index (χ0) is 18.6. The monoisotopic (exact) mass is 367 g/mol. The van der Waals surface area contributed by atoms with Gasteiger partial charge in [-0.2, -0.15) is 0 Å². The Balaban J connectivity index is 1.33. The first-order valence-corrected chi connectivity index (χ1v) is 9.81. The number of halogens is 1. The maximum Gasteiger partial charge on any atom is 0.321 e. The van der Waals surface area contributed by atoms with Crippen LogP contribution in [0.5, 0.6) is 0 Å². The van der Waals surface area contributed by atoms with Crippen molar-refractivity contribution in [1.29, 1.82) is 0 Å². The second-order valence-electron chi connectivity index (χ2n) is 7.53. The molecule has 2 heterocycles. The van der Waals surface area contributed by atoms with Crippen molar-refractivity contribution in [1.82, 2.24) is 10.2 Å². The molecular formula is C22H26FN3O. The lowest BCUT2D eigenvalue weighted by molar-refractivity contribution is 0.182. The number of hydrogen-bond donors (Lipinski definition) is 2. The average Bonchev–Trinajstić information content (AvgIpc) is 2.70. The summed E-state index contributed by atoms with van der Waals surface area (Å²) < 4.78 is 13.9. The van der Waals surface area contributed by atoms with Crippen molar-refractivity contribution in [3.63, 3.8) is 0 Å². The molecule has 2 N–H and O–H groups in total. The number of nitrogens with zero attached hydrogens (tertiary/aromatic N) is 1. The van der Waals surface area contributed by atoms with Crippen LogP contribution in [0.3, 0.4) is 0 Å². The Morgan fingerprint density at radius 1 is 1.15 bits per heavy atom. The molecule has 0 aromatic heterocycles. The first-order valence-electron chi connectivity index (χ1n) is 9.81. The van der Waals surface area contributed by atoms with E-state index < -0.39 is 0 Å².